The molecule has 1 amide bonds. The van der Waals surface area contributed by atoms with E-state index in [1.807, 2.05) is 24.3 Å². The zero-order valence-electron chi connectivity index (χ0n) is 16.2. The quantitative estimate of drug-likeness (QED) is 0.250. The van der Waals surface area contributed by atoms with Gasteiger partial charge < -0.3 is 27.2 Å². The van der Waals surface area contributed by atoms with Gasteiger partial charge in [0.05, 0.1) is 12.2 Å². The molecule has 0 aromatic heterocycles. The van der Waals surface area contributed by atoms with Gasteiger partial charge >= 0.3 is 5.97 Å². The Morgan fingerprint density at radius 1 is 1.13 bits per heavy atom. The minimum absolute atomic E-state index is 0.145. The maximum Gasteiger partial charge on any atom is 0.315 e. The Labute approximate surface area is 173 Å². The van der Waals surface area contributed by atoms with Crippen molar-refractivity contribution >= 4 is 29.3 Å². The molecule has 0 fully saturated rings. The van der Waals surface area contributed by atoms with E-state index in [0.717, 1.165) is 11.1 Å². The highest BCUT2D eigenvalue weighted by molar-refractivity contribution is 6.03. The number of carbonyl (C=O) groups is 3. The highest BCUT2D eigenvalue weighted by Crippen LogP contribution is 2.21. The molecule has 9 heteroatoms. The second kappa shape index (κ2) is 9.19. The van der Waals surface area contributed by atoms with E-state index < -0.39 is 36.2 Å². The molecule has 2 aromatic carbocycles. The second-order valence-corrected chi connectivity index (χ2v) is 7.01. The largest absolute Gasteiger partial charge is 0.481 e. The Hall–Kier alpha value is -3.72. The van der Waals surface area contributed by atoms with Crippen LogP contribution in [0.15, 0.2) is 53.5 Å². The van der Waals surface area contributed by atoms with E-state index in [1.54, 1.807) is 18.2 Å². The van der Waals surface area contributed by atoms with Gasteiger partial charge in [0.15, 0.2) is 11.7 Å². The van der Waals surface area contributed by atoms with Gasteiger partial charge in [-0.05, 0) is 35.7 Å². The molecule has 7 N–H and O–H groups in total. The van der Waals surface area contributed by atoms with E-state index in [9.17, 15) is 19.5 Å². The predicted octanol–water partition coefficient (Wildman–Crippen LogP) is 0.306. The summed E-state index contributed by atoms with van der Waals surface area (Å²) in [4.78, 5) is 40.7. The monoisotopic (exact) mass is 409 g/mol. The molecule has 0 saturated carbocycles. The summed E-state index contributed by atoms with van der Waals surface area (Å²) in [6.45, 7) is 0.0873. The molecule has 9 nitrogen and oxygen atoms in total. The first kappa shape index (κ1) is 21.0. The van der Waals surface area contributed by atoms with Crippen LogP contribution in [0.2, 0.25) is 0 Å². The lowest BCUT2D eigenvalue weighted by molar-refractivity contribution is -0.147. The van der Waals surface area contributed by atoms with Crippen molar-refractivity contribution in [3.05, 3.63) is 65.2 Å². The minimum Gasteiger partial charge on any atom is -0.481 e. The molecular formula is C21H23N5O4. The van der Waals surface area contributed by atoms with Crippen molar-refractivity contribution in [1.29, 1.82) is 0 Å². The van der Waals surface area contributed by atoms with Crippen molar-refractivity contribution in [2.24, 2.45) is 22.4 Å². The van der Waals surface area contributed by atoms with Crippen molar-refractivity contribution in [1.82, 2.24) is 10.6 Å². The lowest BCUT2D eigenvalue weighted by Crippen LogP contribution is -2.50. The van der Waals surface area contributed by atoms with Crippen LogP contribution in [0.3, 0.4) is 0 Å². The highest BCUT2D eigenvalue weighted by Gasteiger charge is 2.36. The Kier molecular flexibility index (Phi) is 6.43. The molecule has 0 spiro atoms. The summed E-state index contributed by atoms with van der Waals surface area (Å²) in [6, 6.07) is 13.4. The standard InChI is InChI=1S/C21H23N5O4/c22-21(23)26-15-7-3-6-13(8-15)19(28)25-11-17(27)18(20(29)30)16-9-12-4-1-2-5-14(12)10-24-16/h1-8,16,18,24H,9-11H2,(H,25,28)(H,29,30)(H4,22,23,26). The highest BCUT2D eigenvalue weighted by atomic mass is 16.4. The maximum absolute atomic E-state index is 12.7. The molecule has 1 heterocycles. The molecule has 0 aliphatic carbocycles. The molecule has 156 valence electrons. The number of nitrogens with one attached hydrogen (secondary N) is 2. The second-order valence-electron chi connectivity index (χ2n) is 7.01. The van der Waals surface area contributed by atoms with Crippen LogP contribution in [0.5, 0.6) is 0 Å². The summed E-state index contributed by atoms with van der Waals surface area (Å²) < 4.78 is 0. The number of carboxylic acid groups (broad SMARTS) is 1. The fourth-order valence-corrected chi connectivity index (χ4v) is 3.49. The summed E-state index contributed by atoms with van der Waals surface area (Å²) >= 11 is 0. The van der Waals surface area contributed by atoms with Crippen LogP contribution in [-0.2, 0) is 22.6 Å². The number of rotatable bonds is 7. The normalized spacial score (nSPS) is 16.1. The first-order valence-electron chi connectivity index (χ1n) is 9.38. The maximum atomic E-state index is 12.7. The topological polar surface area (TPSA) is 160 Å². The first-order valence-corrected chi connectivity index (χ1v) is 9.38. The van der Waals surface area contributed by atoms with Crippen molar-refractivity contribution < 1.29 is 19.5 Å². The van der Waals surface area contributed by atoms with Crippen LogP contribution in [0, 0.1) is 5.92 Å². The molecule has 2 unspecified atom stereocenters. The minimum atomic E-state index is -1.27. The molecule has 1 aliphatic heterocycles. The fraction of sp³-hybridized carbons (Fsp3) is 0.238. The van der Waals surface area contributed by atoms with Gasteiger partial charge in [-0.25, -0.2) is 4.99 Å². The molecular weight excluding hydrogens is 386 g/mol. The lowest BCUT2D eigenvalue weighted by Gasteiger charge is -2.29. The molecule has 3 rings (SSSR count). The number of guanidine groups is 1. The average Bonchev–Trinajstić information content (AvgIpc) is 2.71. The van der Waals surface area contributed by atoms with Gasteiger partial charge in [0, 0.05) is 18.2 Å². The fourth-order valence-electron chi connectivity index (χ4n) is 3.49. The van der Waals surface area contributed by atoms with Gasteiger partial charge in [0.2, 0.25) is 0 Å². The van der Waals surface area contributed by atoms with Gasteiger partial charge in [0.1, 0.15) is 5.92 Å². The van der Waals surface area contributed by atoms with E-state index in [0.29, 0.717) is 18.7 Å². The summed E-state index contributed by atoms with van der Waals surface area (Å²) in [5.41, 5.74) is 13.4. The van der Waals surface area contributed by atoms with Crippen LogP contribution >= 0.6 is 0 Å². The van der Waals surface area contributed by atoms with Crippen LogP contribution in [-0.4, -0.2) is 41.3 Å². The zero-order chi connectivity index (χ0) is 21.7. The number of Topliss-reactive ketones (excluding diaryl/α,β-unsaturated/α-hetero) is 1. The molecule has 1 aliphatic rings. The molecule has 2 aromatic rings. The van der Waals surface area contributed by atoms with Gasteiger partial charge in [-0.1, -0.05) is 30.3 Å². The number of hydrogen-bond donors (Lipinski definition) is 5. The van der Waals surface area contributed by atoms with Gasteiger partial charge in [0.25, 0.3) is 5.91 Å². The molecule has 0 radical (unpaired) electrons. The number of benzene rings is 2. The summed E-state index contributed by atoms with van der Waals surface area (Å²) in [5, 5.41) is 15.2. The average molecular weight is 409 g/mol. The molecule has 0 bridgehead atoms. The Morgan fingerprint density at radius 2 is 1.87 bits per heavy atom. The molecule has 0 saturated heterocycles. The number of aliphatic imine (C=N–C) groups is 1. The van der Waals surface area contributed by atoms with Crippen LogP contribution in [0.25, 0.3) is 0 Å². The number of ketones is 1. The third-order valence-corrected chi connectivity index (χ3v) is 4.92. The first-order chi connectivity index (χ1) is 14.3. The number of fused-ring (bicyclic) bond motifs is 1. The number of aliphatic carboxylic acids is 1. The van der Waals surface area contributed by atoms with E-state index in [1.165, 1.54) is 6.07 Å². The van der Waals surface area contributed by atoms with Crippen LogP contribution < -0.4 is 22.1 Å². The molecule has 2 atom stereocenters. The van der Waals surface area contributed by atoms with Crippen molar-refractivity contribution in [3.8, 4) is 0 Å². The Bertz CT molecular complexity index is 1000. The van der Waals surface area contributed by atoms with Gasteiger partial charge in [-0.2, -0.15) is 0 Å². The number of amides is 1. The number of hydrogen-bond acceptors (Lipinski definition) is 5. The third kappa shape index (κ3) is 5.00. The van der Waals surface area contributed by atoms with Crippen molar-refractivity contribution in [3.63, 3.8) is 0 Å². The number of nitrogens with zero attached hydrogens (tertiary/aromatic N) is 1. The van der Waals surface area contributed by atoms with E-state index in [-0.39, 0.29) is 11.5 Å². The van der Waals surface area contributed by atoms with Gasteiger partial charge in [-0.3, -0.25) is 14.4 Å². The van der Waals surface area contributed by atoms with Crippen molar-refractivity contribution in [2.75, 3.05) is 6.54 Å². The van der Waals surface area contributed by atoms with Crippen molar-refractivity contribution in [2.45, 2.75) is 19.0 Å². The summed E-state index contributed by atoms with van der Waals surface area (Å²) in [5.74, 6) is -3.74. The number of carbonyl (C=O) groups excluding carboxylic acids is 2. The van der Waals surface area contributed by atoms with E-state index >= 15 is 0 Å². The Morgan fingerprint density at radius 3 is 2.57 bits per heavy atom. The Balaban J connectivity index is 1.66. The van der Waals surface area contributed by atoms with Crippen LogP contribution in [0.1, 0.15) is 21.5 Å². The lowest BCUT2D eigenvalue weighted by atomic mass is 9.85. The van der Waals surface area contributed by atoms with Crippen LogP contribution in [0.4, 0.5) is 5.69 Å². The zero-order valence-corrected chi connectivity index (χ0v) is 16.2. The smallest absolute Gasteiger partial charge is 0.315 e. The summed E-state index contributed by atoms with van der Waals surface area (Å²) in [7, 11) is 0. The summed E-state index contributed by atoms with van der Waals surface area (Å²) in [6.07, 6.45) is 0.424. The SMILES string of the molecule is NC(N)=Nc1cccc(C(=O)NCC(=O)C(C(=O)O)C2Cc3ccccc3CN2)c1. The third-order valence-electron chi connectivity index (χ3n) is 4.92. The number of nitrogens with two attached hydrogens (primary N) is 2. The van der Waals surface area contributed by atoms with E-state index in [4.69, 9.17) is 11.5 Å². The van der Waals surface area contributed by atoms with Gasteiger partial charge in [-0.15, -0.1) is 0 Å². The molecule has 30 heavy (non-hydrogen) atoms. The predicted molar refractivity (Wildman–Crippen MR) is 111 cm³/mol. The number of carboxylic acids is 1. The van der Waals surface area contributed by atoms with E-state index in [2.05, 4.69) is 15.6 Å².